The minimum Gasteiger partial charge on any atom is -0.507 e. The van der Waals surface area contributed by atoms with Crippen LogP contribution in [0.25, 0.3) is 16.0 Å². The van der Waals surface area contributed by atoms with Crippen LogP contribution in [-0.4, -0.2) is 21.8 Å². The highest BCUT2D eigenvalue weighted by Gasteiger charge is 2.48. The number of carbonyl (C=O) groups excluding carboxylic acids is 2. The van der Waals surface area contributed by atoms with Crippen LogP contribution in [0.3, 0.4) is 0 Å². The second-order valence-electron chi connectivity index (χ2n) is 7.20. The molecule has 3 aromatic carbocycles. The number of thiazole rings is 1. The number of fused-ring (bicyclic) bond motifs is 1. The van der Waals surface area contributed by atoms with Gasteiger partial charge in [0.1, 0.15) is 11.6 Å². The SMILES string of the molecule is O=C1C(=O)N(c2nc3ccc(F)cc3s2)[C@@H](c2ccc(Cl)cc2)C1=C(O)c1ccccc1. The Kier molecular flexibility index (Phi) is 5.00. The number of hydrogen-bond acceptors (Lipinski definition) is 5. The van der Waals surface area contributed by atoms with E-state index in [4.69, 9.17) is 11.6 Å². The van der Waals surface area contributed by atoms with Crippen LogP contribution in [0.15, 0.2) is 78.4 Å². The number of aromatic nitrogens is 1. The van der Waals surface area contributed by atoms with Crippen LogP contribution in [0.1, 0.15) is 17.2 Å². The number of aliphatic hydroxyl groups excluding tert-OH is 1. The van der Waals surface area contributed by atoms with Gasteiger partial charge in [-0.2, -0.15) is 0 Å². The lowest BCUT2D eigenvalue weighted by atomic mass is 9.95. The van der Waals surface area contributed by atoms with E-state index in [-0.39, 0.29) is 16.5 Å². The van der Waals surface area contributed by atoms with Crippen LogP contribution in [0.4, 0.5) is 9.52 Å². The van der Waals surface area contributed by atoms with E-state index in [0.717, 1.165) is 11.3 Å². The van der Waals surface area contributed by atoms with Crippen molar-refractivity contribution in [1.29, 1.82) is 0 Å². The molecule has 1 fully saturated rings. The largest absolute Gasteiger partial charge is 0.507 e. The zero-order valence-corrected chi connectivity index (χ0v) is 17.9. The molecule has 5 rings (SSSR count). The van der Waals surface area contributed by atoms with Crippen molar-refractivity contribution < 1.29 is 19.1 Å². The Balaban J connectivity index is 1.73. The first kappa shape index (κ1) is 20.4. The fourth-order valence-corrected chi connectivity index (χ4v) is 4.87. The van der Waals surface area contributed by atoms with Gasteiger partial charge in [0, 0.05) is 10.6 Å². The summed E-state index contributed by atoms with van der Waals surface area (Å²) >= 11 is 7.13. The number of carbonyl (C=O) groups is 2. The summed E-state index contributed by atoms with van der Waals surface area (Å²) in [5.41, 5.74) is 1.45. The zero-order valence-electron chi connectivity index (χ0n) is 16.3. The Morgan fingerprint density at radius 3 is 2.47 bits per heavy atom. The average Bonchev–Trinajstić information content (AvgIpc) is 3.32. The number of ketones is 1. The lowest BCUT2D eigenvalue weighted by Gasteiger charge is -2.23. The van der Waals surface area contributed by atoms with Crippen LogP contribution >= 0.6 is 22.9 Å². The molecule has 32 heavy (non-hydrogen) atoms. The second-order valence-corrected chi connectivity index (χ2v) is 8.64. The highest BCUT2D eigenvalue weighted by molar-refractivity contribution is 7.22. The molecule has 1 aliphatic heterocycles. The van der Waals surface area contributed by atoms with Crippen molar-refractivity contribution >= 4 is 55.7 Å². The number of Topliss-reactive ketones (excluding diaryl/α,β-unsaturated/α-hetero) is 1. The highest BCUT2D eigenvalue weighted by Crippen LogP contribution is 2.44. The van der Waals surface area contributed by atoms with E-state index in [9.17, 15) is 19.1 Å². The smallest absolute Gasteiger partial charge is 0.301 e. The first-order chi connectivity index (χ1) is 15.4. The van der Waals surface area contributed by atoms with Gasteiger partial charge in [0.2, 0.25) is 0 Å². The maximum absolute atomic E-state index is 13.7. The molecule has 5 nitrogen and oxygen atoms in total. The van der Waals surface area contributed by atoms with Crippen LogP contribution in [0, 0.1) is 5.82 Å². The third-order valence-electron chi connectivity index (χ3n) is 5.22. The zero-order chi connectivity index (χ0) is 22.4. The molecule has 8 heteroatoms. The van der Waals surface area contributed by atoms with Crippen LogP contribution in [0.5, 0.6) is 0 Å². The summed E-state index contributed by atoms with van der Waals surface area (Å²) in [4.78, 5) is 32.0. The number of benzene rings is 3. The molecule has 1 aliphatic rings. The molecule has 158 valence electrons. The molecule has 0 spiro atoms. The Labute approximate surface area is 191 Å². The van der Waals surface area contributed by atoms with Crippen molar-refractivity contribution in [2.75, 3.05) is 4.90 Å². The first-order valence-electron chi connectivity index (χ1n) is 9.62. The normalized spacial score (nSPS) is 17.9. The van der Waals surface area contributed by atoms with E-state index < -0.39 is 23.5 Å². The fraction of sp³-hybridized carbons (Fsp3) is 0.0417. The highest BCUT2D eigenvalue weighted by atomic mass is 35.5. The van der Waals surface area contributed by atoms with E-state index in [2.05, 4.69) is 4.98 Å². The van der Waals surface area contributed by atoms with E-state index in [1.165, 1.54) is 23.1 Å². The van der Waals surface area contributed by atoms with E-state index >= 15 is 0 Å². The quantitative estimate of drug-likeness (QED) is 0.239. The van der Waals surface area contributed by atoms with Gasteiger partial charge < -0.3 is 5.11 Å². The number of nitrogens with zero attached hydrogens (tertiary/aromatic N) is 2. The summed E-state index contributed by atoms with van der Waals surface area (Å²) < 4.78 is 14.2. The van der Waals surface area contributed by atoms with Gasteiger partial charge in [-0.1, -0.05) is 65.4 Å². The molecule has 0 bridgehead atoms. The topological polar surface area (TPSA) is 70.5 Å². The molecule has 1 amide bonds. The van der Waals surface area contributed by atoms with Crippen molar-refractivity contribution in [3.8, 4) is 0 Å². The molecule has 2 heterocycles. The monoisotopic (exact) mass is 464 g/mol. The fourth-order valence-electron chi connectivity index (χ4n) is 3.73. The Bertz CT molecular complexity index is 1400. The molecule has 0 radical (unpaired) electrons. The van der Waals surface area contributed by atoms with Crippen LogP contribution < -0.4 is 4.90 Å². The molecule has 1 N–H and O–H groups in total. The number of rotatable bonds is 3. The van der Waals surface area contributed by atoms with Gasteiger partial charge in [-0.05, 0) is 35.9 Å². The van der Waals surface area contributed by atoms with E-state index in [0.29, 0.717) is 26.4 Å². The predicted molar refractivity (Wildman–Crippen MR) is 122 cm³/mol. The van der Waals surface area contributed by atoms with Gasteiger partial charge in [-0.3, -0.25) is 14.5 Å². The number of anilines is 1. The molecule has 0 saturated carbocycles. The predicted octanol–water partition coefficient (Wildman–Crippen LogP) is 5.72. The third-order valence-corrected chi connectivity index (χ3v) is 6.49. The summed E-state index contributed by atoms with van der Waals surface area (Å²) in [7, 11) is 0. The van der Waals surface area contributed by atoms with Gasteiger partial charge in [0.15, 0.2) is 5.13 Å². The van der Waals surface area contributed by atoms with Gasteiger partial charge in [0.05, 0.1) is 21.8 Å². The van der Waals surface area contributed by atoms with Gasteiger partial charge in [-0.25, -0.2) is 9.37 Å². The van der Waals surface area contributed by atoms with E-state index in [1.54, 1.807) is 54.6 Å². The van der Waals surface area contributed by atoms with Gasteiger partial charge in [-0.15, -0.1) is 0 Å². The molecule has 0 aliphatic carbocycles. The van der Waals surface area contributed by atoms with Crippen molar-refractivity contribution in [1.82, 2.24) is 4.98 Å². The number of halogens is 2. The van der Waals surface area contributed by atoms with E-state index in [1.807, 2.05) is 0 Å². The standard InChI is InChI=1S/C24H14ClFN2O3S/c25-15-8-6-13(7-9-15)20-19(21(29)14-4-2-1-3-5-14)22(30)23(31)28(20)24-27-17-11-10-16(26)12-18(17)32-24/h1-12,20,29H/t20-/m0/s1. The molecular formula is C24H14ClFN2O3S. The summed E-state index contributed by atoms with van der Waals surface area (Å²) in [6.45, 7) is 0. The summed E-state index contributed by atoms with van der Waals surface area (Å²) in [5, 5.41) is 11.7. The Morgan fingerprint density at radius 1 is 1.03 bits per heavy atom. The van der Waals surface area contributed by atoms with Crippen molar-refractivity contribution in [2.24, 2.45) is 0 Å². The maximum Gasteiger partial charge on any atom is 0.301 e. The molecule has 0 unspecified atom stereocenters. The number of amides is 1. The minimum absolute atomic E-state index is 0.0473. The lowest BCUT2D eigenvalue weighted by molar-refractivity contribution is -0.132. The summed E-state index contributed by atoms with van der Waals surface area (Å²) in [6.07, 6.45) is 0. The van der Waals surface area contributed by atoms with Crippen molar-refractivity contribution in [3.05, 3.63) is 100 Å². The number of aliphatic hydroxyl groups is 1. The maximum atomic E-state index is 13.7. The molecule has 1 aromatic heterocycles. The van der Waals surface area contributed by atoms with Crippen molar-refractivity contribution in [3.63, 3.8) is 0 Å². The molecule has 1 saturated heterocycles. The van der Waals surface area contributed by atoms with Crippen LogP contribution in [0.2, 0.25) is 5.02 Å². The molecule has 4 aromatic rings. The Hall–Kier alpha value is -3.55. The van der Waals surface area contributed by atoms with Crippen LogP contribution in [-0.2, 0) is 9.59 Å². The number of hydrogen-bond donors (Lipinski definition) is 1. The van der Waals surface area contributed by atoms with Gasteiger partial charge in [0.25, 0.3) is 5.78 Å². The molecular weight excluding hydrogens is 451 g/mol. The third kappa shape index (κ3) is 3.36. The molecule has 1 atom stereocenters. The first-order valence-corrected chi connectivity index (χ1v) is 10.8. The lowest BCUT2D eigenvalue weighted by Crippen LogP contribution is -2.29. The average molecular weight is 465 g/mol. The van der Waals surface area contributed by atoms with Crippen molar-refractivity contribution in [2.45, 2.75) is 6.04 Å². The summed E-state index contributed by atoms with van der Waals surface area (Å²) in [6, 6.07) is 18.4. The van der Waals surface area contributed by atoms with Gasteiger partial charge >= 0.3 is 5.91 Å². The Morgan fingerprint density at radius 2 is 1.75 bits per heavy atom. The summed E-state index contributed by atoms with van der Waals surface area (Å²) in [5.74, 6) is -2.34. The second kappa shape index (κ2) is 7.85. The minimum atomic E-state index is -0.919.